The Morgan fingerprint density at radius 3 is 0.985 bits per heavy atom. The van der Waals surface area contributed by atoms with Gasteiger partial charge in [-0.15, -0.1) is 0 Å². The van der Waals surface area contributed by atoms with E-state index in [2.05, 4.69) is 77.8 Å². The quantitative estimate of drug-likeness (QED) is 0.00743. The number of unbranched alkanes of at least 4 members (excludes halogenated alkanes) is 59. The number of hydrogen-bond acceptors (Lipinski definition) is 20. The molecule has 0 radical (unpaired) electrons. The van der Waals surface area contributed by atoms with Gasteiger partial charge in [-0.3, -0.25) is 37.9 Å². The van der Waals surface area contributed by atoms with Crippen LogP contribution in [0.1, 0.15) is 549 Å². The van der Waals surface area contributed by atoms with Crippen LogP contribution in [0.25, 0.3) is 0 Å². The van der Waals surface area contributed by atoms with Crippen LogP contribution in [0.15, 0.2) is 24.5 Å². The van der Waals surface area contributed by atoms with Crippen LogP contribution in [-0.4, -0.2) is 167 Å². The number of allylic oxidation sites excluding steroid dienone is 3. The number of rotatable bonds is 97. The normalized spacial score (nSPS) is 19.8. The summed E-state index contributed by atoms with van der Waals surface area (Å²) in [5.74, 6) is -3.58. The highest BCUT2D eigenvalue weighted by molar-refractivity contribution is 7.51. The molecule has 0 spiro atoms. The molecule has 2 aliphatic rings. The molecule has 7 N–H and O–H groups in total. The molecule has 0 bridgehead atoms. The van der Waals surface area contributed by atoms with E-state index in [1.807, 2.05) is 0 Å². The maximum atomic E-state index is 15.2. The number of esters is 4. The minimum atomic E-state index is -4.65. The molecule has 2 rings (SSSR count). The Morgan fingerprint density at radius 1 is 0.353 bits per heavy atom. The van der Waals surface area contributed by atoms with Crippen molar-refractivity contribution in [2.24, 2.45) is 0 Å². The van der Waals surface area contributed by atoms with Crippen LogP contribution in [0.3, 0.4) is 0 Å². The summed E-state index contributed by atoms with van der Waals surface area (Å²) in [5, 5.41) is 53.8. The van der Waals surface area contributed by atoms with Gasteiger partial charge < -0.3 is 73.8 Å². The van der Waals surface area contributed by atoms with Crippen molar-refractivity contribution in [1.82, 2.24) is 10.6 Å². The highest BCUT2D eigenvalue weighted by Gasteiger charge is 2.53. The number of aliphatic hydroxyl groups excluding tert-OH is 4. The highest BCUT2D eigenvalue weighted by atomic mass is 31.2. The molecule has 23 nitrogen and oxygen atoms in total. The molecule has 2 fully saturated rings. The van der Waals surface area contributed by atoms with Crippen LogP contribution >= 0.6 is 7.60 Å². The summed E-state index contributed by atoms with van der Waals surface area (Å²) < 4.78 is 70.7. The van der Waals surface area contributed by atoms with Crippen molar-refractivity contribution in [2.75, 3.05) is 19.9 Å². The van der Waals surface area contributed by atoms with E-state index in [-0.39, 0.29) is 32.1 Å². The van der Waals surface area contributed by atoms with Crippen LogP contribution in [-0.2, 0) is 75.8 Å². The first kappa shape index (κ1) is 128. The van der Waals surface area contributed by atoms with Crippen molar-refractivity contribution in [3.63, 3.8) is 0 Å². The van der Waals surface area contributed by atoms with Gasteiger partial charge >= 0.3 is 31.5 Å². The fourth-order valence-electron chi connectivity index (χ4n) is 18.8. The Bertz CT molecular complexity index is 2940. The van der Waals surface area contributed by atoms with E-state index in [1.165, 1.54) is 173 Å². The minimum absolute atomic E-state index is 0.138. The summed E-state index contributed by atoms with van der Waals surface area (Å²) in [5.41, 5.74) is 0. The van der Waals surface area contributed by atoms with Gasteiger partial charge in [-0.25, -0.2) is 0 Å². The van der Waals surface area contributed by atoms with Gasteiger partial charge in [0.15, 0.2) is 24.8 Å². The monoisotopic (exact) mass is 1950 g/mol. The molecule has 0 aromatic rings. The zero-order valence-electron chi connectivity index (χ0n) is 88.2. The summed E-state index contributed by atoms with van der Waals surface area (Å²) in [6.07, 6.45) is 58.9. The lowest BCUT2D eigenvalue weighted by atomic mass is 9.95. The summed E-state index contributed by atoms with van der Waals surface area (Å²) in [6.45, 7) is 19.0. The fraction of sp³-hybridized carbons (Fsp3) is 0.911. The molecule has 2 aliphatic heterocycles. The second kappa shape index (κ2) is 88.7. The van der Waals surface area contributed by atoms with E-state index >= 15 is 9.59 Å². The summed E-state index contributed by atoms with van der Waals surface area (Å²) >= 11 is 0. The predicted molar refractivity (Wildman–Crippen MR) is 552 cm³/mol. The lowest BCUT2D eigenvalue weighted by Gasteiger charge is -2.46. The zero-order chi connectivity index (χ0) is 99.4. The molecule has 10 unspecified atom stereocenters. The molecule has 0 aromatic heterocycles. The first-order valence-electron chi connectivity index (χ1n) is 57.0. The van der Waals surface area contributed by atoms with Crippen LogP contribution < -0.4 is 10.6 Å². The molecular formula is C112H209N2O21P. The number of carbonyl (C=O) groups excluding carboxylic acids is 6. The highest BCUT2D eigenvalue weighted by Crippen LogP contribution is 2.42. The number of hydrogen-bond donors (Lipinski definition) is 7. The van der Waals surface area contributed by atoms with E-state index in [4.69, 9.17) is 42.4 Å². The number of nitrogens with one attached hydrogen (secondary N) is 2. The van der Waals surface area contributed by atoms with Gasteiger partial charge in [-0.2, -0.15) is 0 Å². The van der Waals surface area contributed by atoms with Crippen molar-refractivity contribution in [3.8, 4) is 0 Å². The SMILES string of the molecule is C=C(CCCCCCCCCCCCCCC)OC(CCCCCCCCCCC)CC(=O)NC1C(OP(C)(=O)O)OC(CO[C@@H]2OC(CO)[C@@H](O)[C@H](OC(=O)CC(CCCCCCCCCCC)OC(=O)CCCCCCCCCCC)C2NC(=O)CC(CCCCCCCCCCC)OC(=O)CCCCC/C=C\CCCCCC)[C@@H](O)[C@@H]1OC(=O)CC(O)CCCCCCCCCCC. The fourth-order valence-corrected chi connectivity index (χ4v) is 19.4. The number of amides is 2. The largest absolute Gasteiger partial charge is 0.495 e. The van der Waals surface area contributed by atoms with Gasteiger partial charge in [0, 0.05) is 25.9 Å². The number of ether oxygens (including phenoxy) is 8. The topological polar surface area (TPSA) is 328 Å². The van der Waals surface area contributed by atoms with Crippen molar-refractivity contribution in [2.45, 2.75) is 635 Å². The molecule has 0 aliphatic carbocycles. The lowest BCUT2D eigenvalue weighted by molar-refractivity contribution is -0.297. The summed E-state index contributed by atoms with van der Waals surface area (Å²) in [6, 6.07) is -3.34. The molecule has 0 saturated carbocycles. The summed E-state index contributed by atoms with van der Waals surface area (Å²) in [4.78, 5) is 98.7. The number of carbonyl (C=O) groups is 6. The maximum absolute atomic E-state index is 15.2. The molecular weight excluding hydrogens is 1740 g/mol. The first-order chi connectivity index (χ1) is 66.1. The zero-order valence-corrected chi connectivity index (χ0v) is 89.1. The van der Waals surface area contributed by atoms with Gasteiger partial charge in [0.2, 0.25) is 11.8 Å². The Balaban J connectivity index is 2.83. The van der Waals surface area contributed by atoms with E-state index < -0.39 is 155 Å². The molecule has 0 aromatic carbocycles. The minimum Gasteiger partial charge on any atom is -0.495 e. The Hall–Kier alpha value is -4.03. The Kier molecular flexibility index (Phi) is 83.5. The summed E-state index contributed by atoms with van der Waals surface area (Å²) in [7, 11) is -4.65. The second-order valence-electron chi connectivity index (χ2n) is 40.5. The van der Waals surface area contributed by atoms with Crippen LogP contribution in [0.2, 0.25) is 0 Å². The van der Waals surface area contributed by atoms with Gasteiger partial charge in [0.05, 0.1) is 50.8 Å². The van der Waals surface area contributed by atoms with Crippen molar-refractivity contribution in [3.05, 3.63) is 24.5 Å². The van der Waals surface area contributed by atoms with E-state index in [0.717, 1.165) is 231 Å². The van der Waals surface area contributed by atoms with Crippen molar-refractivity contribution >= 4 is 43.3 Å². The maximum Gasteiger partial charge on any atom is 0.327 e. The molecule has 2 amide bonds. The lowest BCUT2D eigenvalue weighted by Crippen LogP contribution is -2.67. The molecule has 2 heterocycles. The third-order valence-corrected chi connectivity index (χ3v) is 27.8. The number of aliphatic hydroxyl groups is 4. The standard InChI is InChI=1S/C112H209N2O21P/c1-10-17-24-31-38-45-47-48-50-56-58-65-72-79-92(8)128-94(81-74-67-60-52-41-34-27-20-13-4)87-99(117)114-106-110(133-103(121)86-93(116)80-73-66-59-51-40-33-26-19-12-3)108(124)98(132-112(106)135-136(9,125)126)91-127-111-105(113-100(118)88-95(82-75-68-61-53-42-35-28-21-14-5)129-101(119)84-77-71-64-57-49-46-39-32-25-18-11-2)109(107(123)97(90-115)131-111)134-104(122)89-96(83-76-69-62-54-43-36-29-22-15-6)130-102(120)85-78-70-63-55-44-37-30-23-16-7/h46,49,93-98,105-112,115-116,123-124H,8,10-45,47-48,50-91H2,1-7,9H3,(H,113,118)(H,114,117)(H,125,126)/b49-46-/t93?,94?,95?,96?,97?,98?,105?,106?,107-,108-,109-,110-,111-,112?/m1/s1. The molecule has 136 heavy (non-hydrogen) atoms. The van der Waals surface area contributed by atoms with Crippen LogP contribution in [0, 0.1) is 0 Å². The first-order valence-corrected chi connectivity index (χ1v) is 59.0. The average molecular weight is 1950 g/mol. The Morgan fingerprint density at radius 2 is 0.632 bits per heavy atom. The molecule has 2 saturated heterocycles. The van der Waals surface area contributed by atoms with Gasteiger partial charge in [-0.05, 0) is 89.9 Å². The molecule has 798 valence electrons. The molecule has 24 heteroatoms. The van der Waals surface area contributed by atoms with Crippen LogP contribution in [0.5, 0.6) is 0 Å². The molecule has 15 atom stereocenters. The van der Waals surface area contributed by atoms with Gasteiger partial charge in [0.25, 0.3) is 0 Å². The van der Waals surface area contributed by atoms with Gasteiger partial charge in [0.1, 0.15) is 54.8 Å². The smallest absolute Gasteiger partial charge is 0.327 e. The van der Waals surface area contributed by atoms with Crippen LogP contribution in [0.4, 0.5) is 0 Å². The third kappa shape index (κ3) is 70.6. The average Bonchev–Trinajstić information content (AvgIpc) is 0.780. The van der Waals surface area contributed by atoms with Crippen molar-refractivity contribution in [1.29, 1.82) is 0 Å². The van der Waals surface area contributed by atoms with Crippen molar-refractivity contribution < 1.29 is 101 Å². The van der Waals surface area contributed by atoms with E-state index in [1.54, 1.807) is 0 Å². The predicted octanol–water partition coefficient (Wildman–Crippen LogP) is 28.0. The van der Waals surface area contributed by atoms with E-state index in [9.17, 15) is 49.1 Å². The second-order valence-corrected chi connectivity index (χ2v) is 42.3. The van der Waals surface area contributed by atoms with E-state index in [0.29, 0.717) is 63.5 Å². The third-order valence-electron chi connectivity index (χ3n) is 27.2. The Labute approximate surface area is 829 Å². The van der Waals surface area contributed by atoms with Gasteiger partial charge in [-0.1, -0.05) is 433 Å².